The van der Waals surface area contributed by atoms with Gasteiger partial charge in [0.15, 0.2) is 0 Å². The van der Waals surface area contributed by atoms with Crippen molar-refractivity contribution in [3.05, 3.63) is 58.9 Å². The average molecular weight is 228 g/mol. The molecule has 0 unspecified atom stereocenters. The highest BCUT2D eigenvalue weighted by molar-refractivity contribution is 5.80. The Labute approximate surface area is 99.9 Å². The fraction of sp³-hybridized carbons (Fsp3) is 0.133. The van der Waals surface area contributed by atoms with Gasteiger partial charge in [-0.05, 0) is 48.7 Å². The van der Waals surface area contributed by atoms with Gasteiger partial charge in [0.05, 0.1) is 0 Å². The largest absolute Gasteiger partial charge is 0.298 e. The van der Waals surface area contributed by atoms with Crippen molar-refractivity contribution in [2.45, 2.75) is 13.8 Å². The van der Waals surface area contributed by atoms with Crippen LogP contribution in [0.3, 0.4) is 0 Å². The standard InChI is InChI=1S/C15H13FO/c1-10-4-3-5-11(2)15(10)13-8-12(9-17)6-7-14(13)16/h3-9H,1-2H3. The number of carbonyl (C=O) groups is 1. The zero-order valence-electron chi connectivity index (χ0n) is 9.83. The maximum absolute atomic E-state index is 13.8. The minimum atomic E-state index is -0.298. The van der Waals surface area contributed by atoms with Crippen LogP contribution < -0.4 is 0 Å². The molecule has 2 heteroatoms. The summed E-state index contributed by atoms with van der Waals surface area (Å²) in [5, 5.41) is 0. The van der Waals surface area contributed by atoms with E-state index in [4.69, 9.17) is 0 Å². The Morgan fingerprint density at radius 2 is 1.71 bits per heavy atom. The summed E-state index contributed by atoms with van der Waals surface area (Å²) in [5.41, 5.74) is 3.86. The Morgan fingerprint density at radius 3 is 2.29 bits per heavy atom. The van der Waals surface area contributed by atoms with Crippen molar-refractivity contribution < 1.29 is 9.18 Å². The van der Waals surface area contributed by atoms with Gasteiger partial charge in [0, 0.05) is 11.1 Å². The molecule has 86 valence electrons. The summed E-state index contributed by atoms with van der Waals surface area (Å²) in [4.78, 5) is 10.7. The van der Waals surface area contributed by atoms with Gasteiger partial charge >= 0.3 is 0 Å². The predicted octanol–water partition coefficient (Wildman–Crippen LogP) is 3.92. The molecule has 1 nitrogen and oxygen atoms in total. The first kappa shape index (κ1) is 11.5. The number of hydrogen-bond acceptors (Lipinski definition) is 1. The Hall–Kier alpha value is -1.96. The second kappa shape index (κ2) is 4.50. The number of carbonyl (C=O) groups excluding carboxylic acids is 1. The van der Waals surface area contributed by atoms with Crippen LogP contribution in [-0.4, -0.2) is 6.29 Å². The minimum absolute atomic E-state index is 0.298. The summed E-state index contributed by atoms with van der Waals surface area (Å²) in [6.07, 6.45) is 0.733. The summed E-state index contributed by atoms with van der Waals surface area (Å²) in [5.74, 6) is -0.298. The van der Waals surface area contributed by atoms with Gasteiger partial charge in [-0.15, -0.1) is 0 Å². The lowest BCUT2D eigenvalue weighted by molar-refractivity contribution is 0.112. The summed E-state index contributed by atoms with van der Waals surface area (Å²) >= 11 is 0. The fourth-order valence-corrected chi connectivity index (χ4v) is 2.05. The number of benzene rings is 2. The quantitative estimate of drug-likeness (QED) is 0.712. The van der Waals surface area contributed by atoms with Crippen molar-refractivity contribution in [3.8, 4) is 11.1 Å². The Morgan fingerprint density at radius 1 is 1.06 bits per heavy atom. The lowest BCUT2D eigenvalue weighted by Crippen LogP contribution is -1.93. The normalized spacial score (nSPS) is 10.3. The minimum Gasteiger partial charge on any atom is -0.298 e. The van der Waals surface area contributed by atoms with Gasteiger partial charge in [-0.2, -0.15) is 0 Å². The summed E-state index contributed by atoms with van der Waals surface area (Å²) in [7, 11) is 0. The number of halogens is 1. The van der Waals surface area contributed by atoms with Gasteiger partial charge in [-0.25, -0.2) is 4.39 Å². The van der Waals surface area contributed by atoms with Gasteiger partial charge < -0.3 is 0 Å². The first-order valence-corrected chi connectivity index (χ1v) is 5.45. The third-order valence-corrected chi connectivity index (χ3v) is 2.88. The predicted molar refractivity (Wildman–Crippen MR) is 66.7 cm³/mol. The van der Waals surface area contributed by atoms with Gasteiger partial charge in [-0.1, -0.05) is 18.2 Å². The Balaban J connectivity index is 2.71. The van der Waals surface area contributed by atoms with E-state index < -0.39 is 0 Å². The monoisotopic (exact) mass is 228 g/mol. The molecule has 0 saturated carbocycles. The molecule has 0 fully saturated rings. The van der Waals surface area contributed by atoms with E-state index in [0.29, 0.717) is 11.1 Å². The maximum Gasteiger partial charge on any atom is 0.150 e. The molecule has 0 bridgehead atoms. The van der Waals surface area contributed by atoms with E-state index in [1.165, 1.54) is 12.1 Å². The van der Waals surface area contributed by atoms with Gasteiger partial charge in [0.1, 0.15) is 12.1 Å². The molecule has 0 aliphatic carbocycles. The maximum atomic E-state index is 13.8. The number of hydrogen-bond donors (Lipinski definition) is 0. The summed E-state index contributed by atoms with van der Waals surface area (Å²) < 4.78 is 13.8. The van der Waals surface area contributed by atoms with Crippen LogP contribution >= 0.6 is 0 Å². The molecule has 0 spiro atoms. The molecule has 2 rings (SSSR count). The van der Waals surface area contributed by atoms with Crippen LogP contribution in [0.15, 0.2) is 36.4 Å². The zero-order valence-corrected chi connectivity index (χ0v) is 9.83. The second-order valence-corrected chi connectivity index (χ2v) is 4.12. The van der Waals surface area contributed by atoms with Crippen LogP contribution in [0.4, 0.5) is 4.39 Å². The van der Waals surface area contributed by atoms with E-state index in [1.54, 1.807) is 6.07 Å². The van der Waals surface area contributed by atoms with Crippen LogP contribution in [0.1, 0.15) is 21.5 Å². The second-order valence-electron chi connectivity index (χ2n) is 4.12. The SMILES string of the molecule is Cc1cccc(C)c1-c1cc(C=O)ccc1F. The zero-order chi connectivity index (χ0) is 12.4. The van der Waals surface area contributed by atoms with Gasteiger partial charge in [0.2, 0.25) is 0 Å². The Bertz CT molecular complexity index is 553. The lowest BCUT2D eigenvalue weighted by atomic mass is 9.94. The lowest BCUT2D eigenvalue weighted by Gasteiger charge is -2.11. The fourth-order valence-electron chi connectivity index (χ4n) is 2.05. The molecule has 0 amide bonds. The molecule has 17 heavy (non-hydrogen) atoms. The van der Waals surface area contributed by atoms with E-state index >= 15 is 0 Å². The molecule has 0 aliphatic heterocycles. The van der Waals surface area contributed by atoms with Crippen molar-refractivity contribution in [2.24, 2.45) is 0 Å². The number of aryl methyl sites for hydroxylation is 2. The highest BCUT2D eigenvalue weighted by Gasteiger charge is 2.10. The van der Waals surface area contributed by atoms with Crippen LogP contribution in [0.2, 0.25) is 0 Å². The molecule has 2 aromatic carbocycles. The molecule has 0 aliphatic rings. The highest BCUT2D eigenvalue weighted by atomic mass is 19.1. The third-order valence-electron chi connectivity index (χ3n) is 2.88. The molecular formula is C15H13FO. The molecule has 0 saturated heterocycles. The average Bonchev–Trinajstić information content (AvgIpc) is 2.31. The molecule has 0 atom stereocenters. The van der Waals surface area contributed by atoms with E-state index in [-0.39, 0.29) is 5.82 Å². The molecule has 0 radical (unpaired) electrons. The van der Waals surface area contributed by atoms with E-state index in [1.807, 2.05) is 32.0 Å². The van der Waals surface area contributed by atoms with Crippen LogP contribution in [0, 0.1) is 19.7 Å². The van der Waals surface area contributed by atoms with E-state index in [0.717, 1.165) is 23.0 Å². The first-order chi connectivity index (χ1) is 8.13. The molecule has 0 N–H and O–H groups in total. The highest BCUT2D eigenvalue weighted by Crippen LogP contribution is 2.29. The topological polar surface area (TPSA) is 17.1 Å². The smallest absolute Gasteiger partial charge is 0.150 e. The number of rotatable bonds is 2. The summed E-state index contributed by atoms with van der Waals surface area (Å²) in [6.45, 7) is 3.88. The van der Waals surface area contributed by atoms with Gasteiger partial charge in [0.25, 0.3) is 0 Å². The van der Waals surface area contributed by atoms with Crippen molar-refractivity contribution >= 4 is 6.29 Å². The van der Waals surface area contributed by atoms with Crippen molar-refractivity contribution in [1.82, 2.24) is 0 Å². The van der Waals surface area contributed by atoms with Crippen molar-refractivity contribution in [3.63, 3.8) is 0 Å². The van der Waals surface area contributed by atoms with Crippen LogP contribution in [0.25, 0.3) is 11.1 Å². The Kier molecular flexibility index (Phi) is 3.05. The molecular weight excluding hydrogens is 215 g/mol. The molecule has 0 heterocycles. The van der Waals surface area contributed by atoms with Crippen molar-refractivity contribution in [1.29, 1.82) is 0 Å². The third kappa shape index (κ3) is 2.11. The summed E-state index contributed by atoms with van der Waals surface area (Å²) in [6, 6.07) is 10.2. The first-order valence-electron chi connectivity index (χ1n) is 5.45. The van der Waals surface area contributed by atoms with Crippen LogP contribution in [-0.2, 0) is 0 Å². The van der Waals surface area contributed by atoms with Crippen LogP contribution in [0.5, 0.6) is 0 Å². The number of aldehydes is 1. The van der Waals surface area contributed by atoms with Crippen molar-refractivity contribution in [2.75, 3.05) is 0 Å². The van der Waals surface area contributed by atoms with E-state index in [9.17, 15) is 9.18 Å². The van der Waals surface area contributed by atoms with E-state index in [2.05, 4.69) is 0 Å². The van der Waals surface area contributed by atoms with Gasteiger partial charge in [-0.3, -0.25) is 4.79 Å². The molecule has 2 aromatic rings. The molecule has 0 aromatic heterocycles.